The molecule has 1 atom stereocenters. The number of thiazole rings is 1. The quantitative estimate of drug-likeness (QED) is 0.743. The number of carbonyl (C=O) groups excluding carboxylic acids is 2. The van der Waals surface area contributed by atoms with Gasteiger partial charge in [0, 0.05) is 24.0 Å². The van der Waals surface area contributed by atoms with Gasteiger partial charge >= 0.3 is 6.01 Å². The molecule has 0 radical (unpaired) electrons. The fraction of sp³-hybridized carbons (Fsp3) is 0.278. The molecule has 0 saturated carbocycles. The minimum Gasteiger partial charge on any atom is -0.401 e. The summed E-state index contributed by atoms with van der Waals surface area (Å²) in [7, 11) is 0. The highest BCUT2D eigenvalue weighted by molar-refractivity contribution is 7.09. The van der Waals surface area contributed by atoms with E-state index in [4.69, 9.17) is 4.42 Å². The average molecular weight is 383 g/mol. The van der Waals surface area contributed by atoms with Crippen LogP contribution in [0.3, 0.4) is 0 Å². The first-order chi connectivity index (χ1) is 13.0. The Morgan fingerprint density at radius 1 is 1.26 bits per heavy atom. The number of amides is 2. The van der Waals surface area contributed by atoms with E-state index in [1.165, 1.54) is 11.3 Å². The van der Waals surface area contributed by atoms with E-state index in [-0.39, 0.29) is 30.1 Å². The Hall–Kier alpha value is -3.07. The summed E-state index contributed by atoms with van der Waals surface area (Å²) < 4.78 is 5.46. The zero-order valence-electron chi connectivity index (χ0n) is 14.8. The minimum atomic E-state index is -0.476. The van der Waals surface area contributed by atoms with Gasteiger partial charge < -0.3 is 9.32 Å². The smallest absolute Gasteiger partial charge is 0.322 e. The molecule has 1 unspecified atom stereocenters. The minimum absolute atomic E-state index is 0.00175. The summed E-state index contributed by atoms with van der Waals surface area (Å²) in [6, 6.07) is 7.65. The SMILES string of the molecule is Cc1ccc(N2CC(C(=O)Nc3nnc(-c4csc(C)n4)o3)CC2=O)cc1. The number of hydrogen-bond donors (Lipinski definition) is 1. The van der Waals surface area contributed by atoms with Gasteiger partial charge in [-0.3, -0.25) is 14.9 Å². The zero-order valence-corrected chi connectivity index (χ0v) is 15.6. The number of rotatable bonds is 4. The van der Waals surface area contributed by atoms with Gasteiger partial charge in [-0.2, -0.15) is 0 Å². The van der Waals surface area contributed by atoms with Gasteiger partial charge in [-0.25, -0.2) is 4.98 Å². The first kappa shape index (κ1) is 17.3. The topological polar surface area (TPSA) is 101 Å². The van der Waals surface area contributed by atoms with Crippen LogP contribution in [0.15, 0.2) is 34.1 Å². The number of anilines is 2. The van der Waals surface area contributed by atoms with E-state index in [9.17, 15) is 9.59 Å². The van der Waals surface area contributed by atoms with Crippen molar-refractivity contribution in [1.82, 2.24) is 15.2 Å². The van der Waals surface area contributed by atoms with Gasteiger partial charge in [0.25, 0.3) is 5.89 Å². The van der Waals surface area contributed by atoms with Crippen LogP contribution >= 0.6 is 11.3 Å². The molecule has 0 bridgehead atoms. The van der Waals surface area contributed by atoms with Crippen LogP contribution in [0.1, 0.15) is 17.0 Å². The molecule has 0 aliphatic carbocycles. The molecule has 1 aliphatic rings. The molecule has 138 valence electrons. The van der Waals surface area contributed by atoms with Crippen LogP contribution in [0.25, 0.3) is 11.6 Å². The van der Waals surface area contributed by atoms with E-state index in [0.29, 0.717) is 12.2 Å². The molecule has 1 N–H and O–H groups in total. The molecule has 0 spiro atoms. The molecule has 1 aliphatic heterocycles. The van der Waals surface area contributed by atoms with Crippen molar-refractivity contribution in [2.24, 2.45) is 5.92 Å². The number of aromatic nitrogens is 3. The van der Waals surface area contributed by atoms with Crippen LogP contribution in [-0.4, -0.2) is 33.5 Å². The summed E-state index contributed by atoms with van der Waals surface area (Å²) in [6.45, 7) is 4.18. The van der Waals surface area contributed by atoms with E-state index >= 15 is 0 Å². The Morgan fingerprint density at radius 3 is 2.74 bits per heavy atom. The van der Waals surface area contributed by atoms with E-state index in [1.54, 1.807) is 4.90 Å². The lowest BCUT2D eigenvalue weighted by atomic mass is 10.1. The van der Waals surface area contributed by atoms with E-state index in [0.717, 1.165) is 16.3 Å². The molecule has 4 rings (SSSR count). The molecule has 8 nitrogen and oxygen atoms in total. The number of carbonyl (C=O) groups is 2. The molecular weight excluding hydrogens is 366 g/mol. The Kier molecular flexibility index (Phi) is 4.44. The van der Waals surface area contributed by atoms with Gasteiger partial charge in [0.05, 0.1) is 10.9 Å². The van der Waals surface area contributed by atoms with E-state index < -0.39 is 5.92 Å². The zero-order chi connectivity index (χ0) is 19.0. The van der Waals surface area contributed by atoms with Crippen LogP contribution in [0.2, 0.25) is 0 Å². The van der Waals surface area contributed by atoms with Gasteiger partial charge in [-0.05, 0) is 26.0 Å². The van der Waals surface area contributed by atoms with Crippen molar-refractivity contribution < 1.29 is 14.0 Å². The molecule has 3 heterocycles. The van der Waals surface area contributed by atoms with Gasteiger partial charge in [0.15, 0.2) is 0 Å². The fourth-order valence-corrected chi connectivity index (χ4v) is 3.49. The predicted molar refractivity (Wildman–Crippen MR) is 100 cm³/mol. The largest absolute Gasteiger partial charge is 0.401 e. The van der Waals surface area contributed by atoms with E-state index in [2.05, 4.69) is 20.5 Å². The van der Waals surface area contributed by atoms with Gasteiger partial charge in [-0.1, -0.05) is 22.8 Å². The normalized spacial score (nSPS) is 16.7. The van der Waals surface area contributed by atoms with Crippen molar-refractivity contribution in [3.05, 3.63) is 40.2 Å². The van der Waals surface area contributed by atoms with Crippen molar-refractivity contribution in [3.63, 3.8) is 0 Å². The van der Waals surface area contributed by atoms with Crippen LogP contribution in [0.5, 0.6) is 0 Å². The summed E-state index contributed by atoms with van der Waals surface area (Å²) in [5.41, 5.74) is 2.48. The Labute approximate surface area is 159 Å². The third-order valence-corrected chi connectivity index (χ3v) is 5.11. The molecule has 1 aromatic carbocycles. The highest BCUT2D eigenvalue weighted by Crippen LogP contribution is 2.27. The predicted octanol–water partition coefficient (Wildman–Crippen LogP) is 2.80. The molecule has 2 aromatic heterocycles. The summed E-state index contributed by atoms with van der Waals surface area (Å²) in [4.78, 5) is 30.7. The number of hydrogen-bond acceptors (Lipinski definition) is 7. The van der Waals surface area contributed by atoms with Crippen LogP contribution in [0.4, 0.5) is 11.7 Å². The first-order valence-electron chi connectivity index (χ1n) is 8.43. The summed E-state index contributed by atoms with van der Waals surface area (Å²) in [6.07, 6.45) is 0.145. The third kappa shape index (κ3) is 3.59. The maximum Gasteiger partial charge on any atom is 0.322 e. The Balaban J connectivity index is 1.42. The van der Waals surface area contributed by atoms with Crippen LogP contribution in [-0.2, 0) is 9.59 Å². The van der Waals surface area contributed by atoms with E-state index in [1.807, 2.05) is 43.5 Å². The lowest BCUT2D eigenvalue weighted by Crippen LogP contribution is -2.28. The summed E-state index contributed by atoms with van der Waals surface area (Å²) in [5.74, 6) is -0.625. The second-order valence-corrected chi connectivity index (χ2v) is 7.46. The second-order valence-electron chi connectivity index (χ2n) is 6.39. The lowest BCUT2D eigenvalue weighted by molar-refractivity contribution is -0.122. The standard InChI is InChI=1S/C18H17N5O3S/c1-10-3-5-13(6-4-10)23-8-12(7-15(23)24)16(25)20-18-22-21-17(26-18)14-9-27-11(2)19-14/h3-6,9,12H,7-8H2,1-2H3,(H,20,22,25). The third-order valence-electron chi connectivity index (χ3n) is 4.33. The van der Waals surface area contributed by atoms with Gasteiger partial charge in [0.1, 0.15) is 5.69 Å². The van der Waals surface area contributed by atoms with Crippen LogP contribution < -0.4 is 10.2 Å². The number of nitrogens with zero attached hydrogens (tertiary/aromatic N) is 4. The Bertz CT molecular complexity index is 995. The van der Waals surface area contributed by atoms with Crippen molar-refractivity contribution >= 4 is 34.9 Å². The molecular formula is C18H17N5O3S. The highest BCUT2D eigenvalue weighted by atomic mass is 32.1. The number of nitrogens with one attached hydrogen (secondary N) is 1. The Morgan fingerprint density at radius 2 is 2.04 bits per heavy atom. The summed E-state index contributed by atoms with van der Waals surface area (Å²) >= 11 is 1.47. The first-order valence-corrected chi connectivity index (χ1v) is 9.31. The van der Waals surface area contributed by atoms with Gasteiger partial charge in [-0.15, -0.1) is 16.4 Å². The number of benzene rings is 1. The molecule has 9 heteroatoms. The molecule has 3 aromatic rings. The maximum atomic E-state index is 12.5. The average Bonchev–Trinajstić information content (AvgIpc) is 3.36. The second kappa shape index (κ2) is 6.92. The highest BCUT2D eigenvalue weighted by Gasteiger charge is 2.35. The fourth-order valence-electron chi connectivity index (χ4n) is 2.90. The van der Waals surface area contributed by atoms with Crippen LogP contribution in [0, 0.1) is 19.8 Å². The molecule has 1 saturated heterocycles. The van der Waals surface area contributed by atoms with Crippen molar-refractivity contribution in [2.75, 3.05) is 16.8 Å². The molecule has 2 amide bonds. The van der Waals surface area contributed by atoms with Gasteiger partial charge in [0.2, 0.25) is 11.8 Å². The number of aryl methyl sites for hydroxylation is 2. The van der Waals surface area contributed by atoms with Crippen molar-refractivity contribution in [2.45, 2.75) is 20.3 Å². The van der Waals surface area contributed by atoms with Crippen molar-refractivity contribution in [3.8, 4) is 11.6 Å². The lowest BCUT2D eigenvalue weighted by Gasteiger charge is -2.16. The molecule has 27 heavy (non-hydrogen) atoms. The maximum absolute atomic E-state index is 12.5. The molecule has 1 fully saturated rings. The van der Waals surface area contributed by atoms with Crippen molar-refractivity contribution in [1.29, 1.82) is 0 Å². The monoisotopic (exact) mass is 383 g/mol. The summed E-state index contributed by atoms with van der Waals surface area (Å²) in [5, 5.41) is 13.0.